The van der Waals surface area contributed by atoms with Crippen LogP contribution in [0.2, 0.25) is 5.02 Å². The molecule has 0 unspecified atom stereocenters. The van der Waals surface area contributed by atoms with Crippen LogP contribution in [0.25, 0.3) is 25.9 Å². The van der Waals surface area contributed by atoms with E-state index in [1.165, 1.54) is 29.2 Å². The number of carbonyl (C=O) groups excluding carboxylic acids is 1. The van der Waals surface area contributed by atoms with Gasteiger partial charge in [0, 0.05) is 21.4 Å². The van der Waals surface area contributed by atoms with Gasteiger partial charge in [-0.3, -0.25) is 14.0 Å². The van der Waals surface area contributed by atoms with Crippen molar-refractivity contribution in [1.82, 2.24) is 9.38 Å². The van der Waals surface area contributed by atoms with Gasteiger partial charge < -0.3 is 4.74 Å². The van der Waals surface area contributed by atoms with Gasteiger partial charge in [-0.05, 0) is 29.7 Å². The zero-order chi connectivity index (χ0) is 21.4. The maximum absolute atomic E-state index is 12.6. The van der Waals surface area contributed by atoms with E-state index in [9.17, 15) is 9.59 Å². The van der Waals surface area contributed by atoms with Gasteiger partial charge in [-0.25, -0.2) is 4.98 Å². The summed E-state index contributed by atoms with van der Waals surface area (Å²) < 4.78 is 7.92. The van der Waals surface area contributed by atoms with Gasteiger partial charge >= 0.3 is 5.97 Å². The maximum Gasteiger partial charge on any atom is 0.316 e. The Morgan fingerprint density at radius 2 is 1.90 bits per heavy atom. The van der Waals surface area contributed by atoms with Crippen LogP contribution in [0.1, 0.15) is 5.69 Å². The second-order valence-corrected chi connectivity index (χ2v) is 9.25. The number of fused-ring (bicyclic) bond motifs is 4. The van der Waals surface area contributed by atoms with Gasteiger partial charge in [-0.15, -0.1) is 11.8 Å². The number of benzene rings is 3. The highest BCUT2D eigenvalue weighted by Crippen LogP contribution is 2.33. The molecule has 0 aliphatic rings. The van der Waals surface area contributed by atoms with Crippen molar-refractivity contribution >= 4 is 66.6 Å². The van der Waals surface area contributed by atoms with E-state index in [0.29, 0.717) is 15.7 Å². The Kier molecular flexibility index (Phi) is 5.40. The van der Waals surface area contributed by atoms with E-state index in [1.807, 2.05) is 60.7 Å². The summed E-state index contributed by atoms with van der Waals surface area (Å²) in [5.41, 5.74) is 1.07. The zero-order valence-corrected chi connectivity index (χ0v) is 18.5. The highest BCUT2D eigenvalue weighted by molar-refractivity contribution is 8.00. The average Bonchev–Trinajstić information content (AvgIpc) is 3.15. The Morgan fingerprint density at radius 1 is 1.10 bits per heavy atom. The second kappa shape index (κ2) is 8.34. The number of rotatable bonds is 5. The third-order valence-corrected chi connectivity index (χ3v) is 7.16. The number of ether oxygens (including phenoxy) is 1. The predicted octanol–water partition coefficient (Wildman–Crippen LogP) is 5.55. The number of para-hydroxylation sites is 1. The zero-order valence-electron chi connectivity index (χ0n) is 16.1. The van der Waals surface area contributed by atoms with Crippen molar-refractivity contribution in [2.75, 3.05) is 5.75 Å². The first-order valence-corrected chi connectivity index (χ1v) is 11.6. The lowest BCUT2D eigenvalue weighted by molar-refractivity contribution is -0.141. The van der Waals surface area contributed by atoms with Crippen molar-refractivity contribution in [1.29, 1.82) is 0 Å². The number of carbonyl (C=O) groups is 1. The summed E-state index contributed by atoms with van der Waals surface area (Å²) in [6.07, 6.45) is 0. The van der Waals surface area contributed by atoms with Crippen molar-refractivity contribution in [3.63, 3.8) is 0 Å². The highest BCUT2D eigenvalue weighted by atomic mass is 35.5. The molecule has 2 aromatic heterocycles. The molecule has 0 fully saturated rings. The molecule has 5 rings (SSSR count). The molecule has 0 spiro atoms. The fraction of sp³-hybridized carbons (Fsp3) is 0.0870. The van der Waals surface area contributed by atoms with Crippen LogP contribution >= 0.6 is 34.7 Å². The third kappa shape index (κ3) is 3.92. The molecule has 3 aromatic carbocycles. The van der Waals surface area contributed by atoms with E-state index in [1.54, 1.807) is 4.40 Å². The van der Waals surface area contributed by atoms with Crippen molar-refractivity contribution in [2.45, 2.75) is 11.5 Å². The quantitative estimate of drug-likeness (QED) is 0.251. The molecule has 0 saturated carbocycles. The molecule has 5 aromatic rings. The summed E-state index contributed by atoms with van der Waals surface area (Å²) in [6.45, 7) is -0.0460. The summed E-state index contributed by atoms with van der Waals surface area (Å²) in [5.74, 6) is -0.249. The van der Waals surface area contributed by atoms with Crippen LogP contribution in [-0.4, -0.2) is 21.1 Å². The SMILES string of the molecule is O=C(CSc1cccc2cccc(Cl)c12)OCc1cc(=O)n2c(n1)sc1ccccc12. The van der Waals surface area contributed by atoms with Crippen LogP contribution in [0.4, 0.5) is 0 Å². The van der Waals surface area contributed by atoms with Gasteiger partial charge in [0.2, 0.25) is 0 Å². The Bertz CT molecular complexity index is 1500. The molecular formula is C23H15ClN2O3S2. The Morgan fingerprint density at radius 3 is 2.77 bits per heavy atom. The number of thiazole rings is 1. The first-order valence-electron chi connectivity index (χ1n) is 9.46. The fourth-order valence-corrected chi connectivity index (χ4v) is 5.71. The van der Waals surface area contributed by atoms with Crippen molar-refractivity contribution < 1.29 is 9.53 Å². The number of esters is 1. The molecular weight excluding hydrogens is 452 g/mol. The number of hydrogen-bond acceptors (Lipinski definition) is 6. The van der Waals surface area contributed by atoms with E-state index in [-0.39, 0.29) is 23.9 Å². The van der Waals surface area contributed by atoms with E-state index >= 15 is 0 Å². The van der Waals surface area contributed by atoms with Gasteiger partial charge in [0.15, 0.2) is 4.96 Å². The van der Waals surface area contributed by atoms with Crippen LogP contribution in [0.3, 0.4) is 0 Å². The smallest absolute Gasteiger partial charge is 0.316 e. The van der Waals surface area contributed by atoms with Crippen LogP contribution in [0.15, 0.2) is 76.4 Å². The van der Waals surface area contributed by atoms with Gasteiger partial charge in [0.05, 0.1) is 21.7 Å². The number of nitrogens with zero attached hydrogens (tertiary/aromatic N) is 2. The predicted molar refractivity (Wildman–Crippen MR) is 126 cm³/mol. The van der Waals surface area contributed by atoms with Crippen molar-refractivity contribution in [2.24, 2.45) is 0 Å². The van der Waals surface area contributed by atoms with E-state index in [0.717, 1.165) is 25.9 Å². The molecule has 0 radical (unpaired) electrons. The minimum absolute atomic E-state index is 0.0460. The summed E-state index contributed by atoms with van der Waals surface area (Å²) in [4.78, 5) is 30.9. The molecule has 0 bridgehead atoms. The van der Waals surface area contributed by atoms with Gasteiger partial charge in [-0.1, -0.05) is 59.3 Å². The standard InChI is InChI=1S/C23H15ClN2O3S2/c24-16-7-3-5-14-6-4-10-19(22(14)16)30-13-21(28)29-12-15-11-20(27)26-17-8-1-2-9-18(17)31-23(26)25-15/h1-11H,12-13H2. The minimum Gasteiger partial charge on any atom is -0.459 e. The Hall–Kier alpha value is -2.87. The summed E-state index contributed by atoms with van der Waals surface area (Å²) >= 11 is 9.14. The molecule has 8 heteroatoms. The summed E-state index contributed by atoms with van der Waals surface area (Å²) in [7, 11) is 0. The second-order valence-electron chi connectivity index (χ2n) is 6.82. The van der Waals surface area contributed by atoms with E-state index in [4.69, 9.17) is 16.3 Å². The molecule has 0 aliphatic heterocycles. The average molecular weight is 467 g/mol. The number of aromatic nitrogens is 2. The first kappa shape index (κ1) is 20.1. The van der Waals surface area contributed by atoms with Gasteiger partial charge in [-0.2, -0.15) is 0 Å². The lowest BCUT2D eigenvalue weighted by atomic mass is 10.1. The first-order chi connectivity index (χ1) is 15.1. The number of hydrogen-bond donors (Lipinski definition) is 0. The monoisotopic (exact) mass is 466 g/mol. The number of thioether (sulfide) groups is 1. The molecule has 31 heavy (non-hydrogen) atoms. The minimum atomic E-state index is -0.382. The van der Waals surface area contributed by atoms with Crippen molar-refractivity contribution in [3.8, 4) is 0 Å². The normalized spacial score (nSPS) is 11.4. The van der Waals surface area contributed by atoms with E-state index < -0.39 is 0 Å². The Labute approximate surface area is 190 Å². The molecule has 0 aliphatic carbocycles. The number of halogens is 1. The lowest BCUT2D eigenvalue weighted by Gasteiger charge is -2.08. The van der Waals surface area contributed by atoms with Crippen LogP contribution < -0.4 is 5.56 Å². The molecule has 0 N–H and O–H groups in total. The Balaban J connectivity index is 1.29. The van der Waals surface area contributed by atoms with Crippen molar-refractivity contribution in [3.05, 3.63) is 87.8 Å². The van der Waals surface area contributed by atoms with Gasteiger partial charge in [0.25, 0.3) is 5.56 Å². The molecule has 2 heterocycles. The molecule has 0 atom stereocenters. The highest BCUT2D eigenvalue weighted by Gasteiger charge is 2.12. The summed E-state index contributed by atoms with van der Waals surface area (Å²) in [5, 5.41) is 2.59. The van der Waals surface area contributed by atoms with Crippen LogP contribution in [0.5, 0.6) is 0 Å². The van der Waals surface area contributed by atoms with Gasteiger partial charge in [0.1, 0.15) is 6.61 Å². The lowest BCUT2D eigenvalue weighted by Crippen LogP contribution is -2.15. The fourth-order valence-electron chi connectivity index (χ4n) is 3.41. The molecule has 0 amide bonds. The van der Waals surface area contributed by atoms with Crippen LogP contribution in [0, 0.1) is 0 Å². The largest absolute Gasteiger partial charge is 0.459 e. The van der Waals surface area contributed by atoms with Crippen LogP contribution in [-0.2, 0) is 16.1 Å². The maximum atomic E-state index is 12.6. The topological polar surface area (TPSA) is 60.7 Å². The van der Waals surface area contributed by atoms with E-state index in [2.05, 4.69) is 4.98 Å². The summed E-state index contributed by atoms with van der Waals surface area (Å²) in [6, 6.07) is 20.6. The molecule has 0 saturated heterocycles. The molecule has 154 valence electrons. The molecule has 5 nitrogen and oxygen atoms in total. The third-order valence-electron chi connectivity index (χ3n) is 4.79.